The maximum absolute atomic E-state index is 12.9. The predicted molar refractivity (Wildman–Crippen MR) is 144 cm³/mol. The number of azide groups is 1. The number of hydrogen-bond acceptors (Lipinski definition) is 9. The van der Waals surface area contributed by atoms with Gasteiger partial charge in [0.1, 0.15) is 0 Å². The van der Waals surface area contributed by atoms with Crippen molar-refractivity contribution >= 4 is 11.8 Å². The van der Waals surface area contributed by atoms with Gasteiger partial charge in [-0.05, 0) is 23.8 Å². The molecule has 0 unspecified atom stereocenters. The van der Waals surface area contributed by atoms with Crippen molar-refractivity contribution in [1.29, 1.82) is 0 Å². The second-order valence-corrected chi connectivity index (χ2v) is 10.2. The molecule has 0 spiro atoms. The van der Waals surface area contributed by atoms with Crippen LogP contribution in [0.3, 0.4) is 0 Å². The van der Waals surface area contributed by atoms with Gasteiger partial charge >= 0.3 is 0 Å². The zero-order valence-corrected chi connectivity index (χ0v) is 22.3. The second-order valence-electron chi connectivity index (χ2n) is 10.2. The van der Waals surface area contributed by atoms with E-state index in [0.29, 0.717) is 58.7 Å². The number of nitrogens with one attached hydrogen (secondary N) is 7. The summed E-state index contributed by atoms with van der Waals surface area (Å²) in [5.74, 6) is -0.184. The molecule has 0 bridgehead atoms. The first kappa shape index (κ1) is 32.0. The van der Waals surface area contributed by atoms with Crippen LogP contribution >= 0.6 is 0 Å². The van der Waals surface area contributed by atoms with Gasteiger partial charge in [-0.2, -0.15) is 0 Å². The Hall–Kier alpha value is -1.99. The highest BCUT2D eigenvalue weighted by Crippen LogP contribution is 2.11. The first-order valence-corrected chi connectivity index (χ1v) is 13.1. The van der Waals surface area contributed by atoms with E-state index < -0.39 is 5.54 Å². The molecular weight excluding hydrogens is 462 g/mol. The van der Waals surface area contributed by atoms with Crippen LogP contribution in [0.5, 0.6) is 0 Å². The Morgan fingerprint density at radius 3 is 2.08 bits per heavy atom. The van der Waals surface area contributed by atoms with Crippen molar-refractivity contribution in [3.05, 3.63) is 10.4 Å². The van der Waals surface area contributed by atoms with Crippen LogP contribution in [0.2, 0.25) is 0 Å². The van der Waals surface area contributed by atoms with Gasteiger partial charge in [0.15, 0.2) is 0 Å². The topological polar surface area (TPSA) is 193 Å². The molecule has 1 heterocycles. The fourth-order valence-electron chi connectivity index (χ4n) is 3.95. The summed E-state index contributed by atoms with van der Waals surface area (Å²) in [6.45, 7) is 13.4. The summed E-state index contributed by atoms with van der Waals surface area (Å²) >= 11 is 0. The molecule has 1 aliphatic rings. The third-order valence-corrected chi connectivity index (χ3v) is 5.91. The van der Waals surface area contributed by atoms with Crippen LogP contribution in [0.25, 0.3) is 10.4 Å². The number of hydrogen-bond donors (Lipinski definition) is 8. The number of nitrogens with two attached hydrogens (primary N) is 1. The smallest absolute Gasteiger partial charge is 0.220 e. The van der Waals surface area contributed by atoms with Gasteiger partial charge < -0.3 is 43.0 Å². The molecule has 208 valence electrons. The number of carbonyl (C=O) groups excluding carboxylic acids is 2. The second kappa shape index (κ2) is 19.2. The van der Waals surface area contributed by atoms with Gasteiger partial charge in [0.2, 0.25) is 11.8 Å². The largest absolute Gasteiger partial charge is 0.356 e. The minimum absolute atomic E-state index is 0.0802. The predicted octanol–water partition coefficient (Wildman–Crippen LogP) is -1.23. The molecule has 1 aliphatic heterocycles. The quantitative estimate of drug-likeness (QED) is 0.0652. The highest BCUT2D eigenvalue weighted by molar-refractivity contribution is 5.79. The Morgan fingerprint density at radius 1 is 0.917 bits per heavy atom. The van der Waals surface area contributed by atoms with Crippen molar-refractivity contribution in [2.24, 2.45) is 16.3 Å². The van der Waals surface area contributed by atoms with Crippen LogP contribution in [0, 0.1) is 5.41 Å². The van der Waals surface area contributed by atoms with E-state index in [-0.39, 0.29) is 30.1 Å². The number of amides is 2. The number of nitrogens with zero attached hydrogens (tertiary/aromatic N) is 3. The SMILES string of the molecule is CC1(C)CNCCNCC(CNCCN)(NC(=O)CCCC(=O)NCCCN=[N+]=[N-])CNCCNC1. The Balaban J connectivity index is 2.62. The summed E-state index contributed by atoms with van der Waals surface area (Å²) in [6.07, 6.45) is 1.60. The molecule has 1 rings (SSSR count). The highest BCUT2D eigenvalue weighted by Gasteiger charge is 2.31. The standard InChI is InChI=1S/C23H49N11O2/c1-22(2)15-27-11-13-29-18-23(17-26-10-7-24,19-30-14-12-28-16-22)33-21(36)6-3-5-20(35)31-8-4-9-32-34-25/h26-30H,3-19,24H2,1-2H3,(H,31,35)(H,33,36). The lowest BCUT2D eigenvalue weighted by molar-refractivity contribution is -0.123. The molecule has 1 saturated heterocycles. The van der Waals surface area contributed by atoms with Gasteiger partial charge in [-0.15, -0.1) is 0 Å². The molecule has 13 nitrogen and oxygen atoms in total. The van der Waals surface area contributed by atoms with Crippen LogP contribution in [0.4, 0.5) is 0 Å². The summed E-state index contributed by atoms with van der Waals surface area (Å²) in [6, 6.07) is 0. The van der Waals surface area contributed by atoms with E-state index in [0.717, 1.165) is 39.3 Å². The fourth-order valence-corrected chi connectivity index (χ4v) is 3.95. The molecule has 0 aliphatic carbocycles. The lowest BCUT2D eigenvalue weighted by Gasteiger charge is -2.36. The Labute approximate surface area is 215 Å². The Kier molecular flexibility index (Phi) is 17.1. The summed E-state index contributed by atoms with van der Waals surface area (Å²) < 4.78 is 0. The summed E-state index contributed by atoms with van der Waals surface area (Å²) in [7, 11) is 0. The molecule has 1 fully saturated rings. The monoisotopic (exact) mass is 511 g/mol. The van der Waals surface area contributed by atoms with Crippen molar-refractivity contribution in [3.63, 3.8) is 0 Å². The van der Waals surface area contributed by atoms with Crippen molar-refractivity contribution in [1.82, 2.24) is 37.2 Å². The van der Waals surface area contributed by atoms with E-state index in [1.807, 2.05) is 0 Å². The van der Waals surface area contributed by atoms with Crippen LogP contribution < -0.4 is 43.0 Å². The van der Waals surface area contributed by atoms with Gasteiger partial charge in [0, 0.05) is 103 Å². The van der Waals surface area contributed by atoms with E-state index >= 15 is 0 Å². The molecule has 9 N–H and O–H groups in total. The van der Waals surface area contributed by atoms with Crippen molar-refractivity contribution in [3.8, 4) is 0 Å². The lowest BCUT2D eigenvalue weighted by atomic mass is 9.93. The highest BCUT2D eigenvalue weighted by atomic mass is 16.2. The first-order chi connectivity index (χ1) is 17.3. The van der Waals surface area contributed by atoms with E-state index in [4.69, 9.17) is 11.3 Å². The van der Waals surface area contributed by atoms with Gasteiger partial charge in [0.25, 0.3) is 0 Å². The maximum atomic E-state index is 12.9. The summed E-state index contributed by atoms with van der Waals surface area (Å²) in [4.78, 5) is 27.6. The molecule has 0 aromatic rings. The van der Waals surface area contributed by atoms with E-state index in [9.17, 15) is 9.59 Å². The van der Waals surface area contributed by atoms with E-state index in [1.54, 1.807) is 0 Å². The minimum Gasteiger partial charge on any atom is -0.356 e. The third-order valence-electron chi connectivity index (χ3n) is 5.91. The molecule has 0 aromatic carbocycles. The van der Waals surface area contributed by atoms with Crippen molar-refractivity contribution in [2.45, 2.75) is 45.1 Å². The summed E-state index contributed by atoms with van der Waals surface area (Å²) in [5, 5.41) is 26.9. The average Bonchev–Trinajstić information content (AvgIpc) is 2.83. The lowest BCUT2D eigenvalue weighted by Crippen LogP contribution is -2.65. The number of rotatable bonds is 13. The zero-order valence-electron chi connectivity index (χ0n) is 22.3. The van der Waals surface area contributed by atoms with Crippen LogP contribution in [0.15, 0.2) is 5.11 Å². The van der Waals surface area contributed by atoms with E-state index in [2.05, 4.69) is 61.1 Å². The van der Waals surface area contributed by atoms with Crippen LogP contribution in [0.1, 0.15) is 39.5 Å². The van der Waals surface area contributed by atoms with Crippen LogP contribution in [-0.4, -0.2) is 102 Å². The van der Waals surface area contributed by atoms with Gasteiger partial charge in [-0.3, -0.25) is 9.59 Å². The van der Waals surface area contributed by atoms with Gasteiger partial charge in [-0.25, -0.2) is 0 Å². The molecule has 0 atom stereocenters. The minimum atomic E-state index is -0.529. The fraction of sp³-hybridized carbons (Fsp3) is 0.913. The Bertz CT molecular complexity index is 650. The molecule has 13 heteroatoms. The zero-order chi connectivity index (χ0) is 26.5. The maximum Gasteiger partial charge on any atom is 0.220 e. The van der Waals surface area contributed by atoms with Gasteiger partial charge in [-0.1, -0.05) is 19.0 Å². The first-order valence-electron chi connectivity index (χ1n) is 13.1. The summed E-state index contributed by atoms with van der Waals surface area (Å²) in [5.41, 5.74) is 13.6. The number of carbonyl (C=O) groups is 2. The molecule has 0 saturated carbocycles. The van der Waals surface area contributed by atoms with Gasteiger partial charge in [0.05, 0.1) is 5.54 Å². The molecule has 0 radical (unpaired) electrons. The van der Waals surface area contributed by atoms with E-state index in [1.165, 1.54) is 0 Å². The van der Waals surface area contributed by atoms with Crippen molar-refractivity contribution in [2.75, 3.05) is 85.1 Å². The molecule has 0 aromatic heterocycles. The molecule has 36 heavy (non-hydrogen) atoms. The third kappa shape index (κ3) is 15.9. The molecule has 2 amide bonds. The Morgan fingerprint density at radius 2 is 1.50 bits per heavy atom. The van der Waals surface area contributed by atoms with Crippen LogP contribution in [-0.2, 0) is 9.59 Å². The average molecular weight is 512 g/mol. The van der Waals surface area contributed by atoms with Crippen molar-refractivity contribution < 1.29 is 9.59 Å². The normalized spacial score (nSPS) is 18.9. The molecular formula is C23H49N11O2.